The van der Waals surface area contributed by atoms with Crippen molar-refractivity contribution in [3.63, 3.8) is 0 Å². The third kappa shape index (κ3) is 3.46. The first kappa shape index (κ1) is 10.1. The van der Waals surface area contributed by atoms with Gasteiger partial charge in [-0.3, -0.25) is 4.68 Å². The predicted molar refractivity (Wildman–Crippen MR) is 54.5 cm³/mol. The summed E-state index contributed by atoms with van der Waals surface area (Å²) in [4.78, 5) is 0. The predicted octanol–water partition coefficient (Wildman–Crippen LogP) is 0.817. The van der Waals surface area contributed by atoms with E-state index in [2.05, 4.69) is 17.3 Å². The van der Waals surface area contributed by atoms with E-state index in [4.69, 9.17) is 5.73 Å². The molecular formula is C9H18N4. The van der Waals surface area contributed by atoms with Gasteiger partial charge in [0.1, 0.15) is 0 Å². The number of aryl methyl sites for hydroxylation is 1. The largest absolute Gasteiger partial charge is 0.382 e. The third-order valence-electron chi connectivity index (χ3n) is 2.02. The molecule has 3 N–H and O–H groups in total. The van der Waals surface area contributed by atoms with Crippen molar-refractivity contribution in [1.82, 2.24) is 9.78 Å². The van der Waals surface area contributed by atoms with E-state index in [0.29, 0.717) is 5.92 Å². The molecule has 0 saturated heterocycles. The molecule has 0 aliphatic heterocycles. The Balaban J connectivity index is 2.26. The van der Waals surface area contributed by atoms with Crippen molar-refractivity contribution in [3.8, 4) is 0 Å². The Morgan fingerprint density at radius 3 is 3.00 bits per heavy atom. The van der Waals surface area contributed by atoms with Crippen LogP contribution in [0.15, 0.2) is 12.4 Å². The molecule has 1 aromatic rings. The zero-order valence-electron chi connectivity index (χ0n) is 8.33. The summed E-state index contributed by atoms with van der Waals surface area (Å²) in [6.07, 6.45) is 4.86. The van der Waals surface area contributed by atoms with Crippen LogP contribution >= 0.6 is 0 Å². The number of nitrogens with two attached hydrogens (primary N) is 1. The van der Waals surface area contributed by atoms with E-state index in [9.17, 15) is 0 Å². The quantitative estimate of drug-likeness (QED) is 0.708. The van der Waals surface area contributed by atoms with Crippen LogP contribution in [0.2, 0.25) is 0 Å². The Morgan fingerprint density at radius 1 is 1.69 bits per heavy atom. The summed E-state index contributed by atoms with van der Waals surface area (Å²) in [5.74, 6) is 0.616. The maximum Gasteiger partial charge on any atom is 0.0726 e. The fourth-order valence-corrected chi connectivity index (χ4v) is 1.19. The lowest BCUT2D eigenvalue weighted by molar-refractivity contribution is 0.568. The normalized spacial score (nSPS) is 12.8. The maximum atomic E-state index is 5.46. The second-order valence-corrected chi connectivity index (χ2v) is 3.47. The molecule has 1 heterocycles. The molecule has 1 unspecified atom stereocenters. The Kier molecular flexibility index (Phi) is 3.76. The fraction of sp³-hybridized carbons (Fsp3) is 0.667. The van der Waals surface area contributed by atoms with E-state index in [1.165, 1.54) is 0 Å². The summed E-state index contributed by atoms with van der Waals surface area (Å²) in [6.45, 7) is 3.91. The molecule has 0 aliphatic rings. The lowest BCUT2D eigenvalue weighted by Gasteiger charge is -2.10. The van der Waals surface area contributed by atoms with Gasteiger partial charge in [-0.15, -0.1) is 0 Å². The Morgan fingerprint density at radius 2 is 2.46 bits per heavy atom. The average Bonchev–Trinajstić information content (AvgIpc) is 2.49. The highest BCUT2D eigenvalue weighted by Crippen LogP contribution is 2.06. The van der Waals surface area contributed by atoms with Crippen LogP contribution in [0.3, 0.4) is 0 Å². The van der Waals surface area contributed by atoms with E-state index >= 15 is 0 Å². The fourth-order valence-electron chi connectivity index (χ4n) is 1.19. The van der Waals surface area contributed by atoms with Crippen molar-refractivity contribution in [2.75, 3.05) is 18.4 Å². The molecule has 0 saturated carbocycles. The van der Waals surface area contributed by atoms with Gasteiger partial charge in [0, 0.05) is 19.8 Å². The summed E-state index contributed by atoms with van der Waals surface area (Å²) in [5.41, 5.74) is 6.53. The zero-order chi connectivity index (χ0) is 9.68. The monoisotopic (exact) mass is 182 g/mol. The number of nitrogens with zero attached hydrogens (tertiary/aromatic N) is 2. The van der Waals surface area contributed by atoms with Gasteiger partial charge in [-0.05, 0) is 18.9 Å². The molecule has 4 heteroatoms. The van der Waals surface area contributed by atoms with E-state index in [0.717, 1.165) is 25.2 Å². The minimum Gasteiger partial charge on any atom is -0.382 e. The summed E-state index contributed by atoms with van der Waals surface area (Å²) < 4.78 is 1.79. The van der Waals surface area contributed by atoms with Crippen LogP contribution in [0.4, 0.5) is 5.69 Å². The van der Waals surface area contributed by atoms with E-state index in [1.54, 1.807) is 4.68 Å². The molecule has 0 aliphatic carbocycles. The van der Waals surface area contributed by atoms with Gasteiger partial charge in [0.2, 0.25) is 0 Å². The molecule has 13 heavy (non-hydrogen) atoms. The molecule has 0 bridgehead atoms. The van der Waals surface area contributed by atoms with Crippen molar-refractivity contribution in [2.45, 2.75) is 13.3 Å². The first-order valence-corrected chi connectivity index (χ1v) is 4.65. The first-order valence-electron chi connectivity index (χ1n) is 4.65. The van der Waals surface area contributed by atoms with Crippen molar-refractivity contribution in [2.24, 2.45) is 18.7 Å². The molecular weight excluding hydrogens is 164 g/mol. The minimum absolute atomic E-state index is 0.616. The van der Waals surface area contributed by atoms with Gasteiger partial charge < -0.3 is 11.1 Å². The van der Waals surface area contributed by atoms with Crippen molar-refractivity contribution in [3.05, 3.63) is 12.4 Å². The molecule has 1 aromatic heterocycles. The third-order valence-corrected chi connectivity index (χ3v) is 2.02. The van der Waals surface area contributed by atoms with Gasteiger partial charge in [0.15, 0.2) is 0 Å². The van der Waals surface area contributed by atoms with Crippen molar-refractivity contribution in [1.29, 1.82) is 0 Å². The minimum atomic E-state index is 0.616. The number of hydrogen-bond acceptors (Lipinski definition) is 3. The Labute approximate surface area is 79.1 Å². The molecule has 1 atom stereocenters. The number of rotatable bonds is 5. The van der Waals surface area contributed by atoms with Gasteiger partial charge in [0.25, 0.3) is 0 Å². The highest BCUT2D eigenvalue weighted by atomic mass is 15.3. The van der Waals surface area contributed by atoms with Gasteiger partial charge >= 0.3 is 0 Å². The molecule has 1 rings (SSSR count). The topological polar surface area (TPSA) is 55.9 Å². The number of hydrogen-bond donors (Lipinski definition) is 2. The first-order chi connectivity index (χ1) is 6.22. The highest BCUT2D eigenvalue weighted by molar-refractivity contribution is 5.37. The van der Waals surface area contributed by atoms with E-state index in [-0.39, 0.29) is 0 Å². The summed E-state index contributed by atoms with van der Waals surface area (Å²) in [5, 5.41) is 7.38. The van der Waals surface area contributed by atoms with E-state index < -0.39 is 0 Å². The van der Waals surface area contributed by atoms with Crippen LogP contribution in [-0.2, 0) is 7.05 Å². The number of nitrogens with one attached hydrogen (secondary N) is 1. The lowest BCUT2D eigenvalue weighted by Crippen LogP contribution is -2.14. The summed E-state index contributed by atoms with van der Waals surface area (Å²) in [7, 11) is 1.91. The lowest BCUT2D eigenvalue weighted by atomic mass is 10.1. The van der Waals surface area contributed by atoms with Crippen LogP contribution < -0.4 is 11.1 Å². The molecule has 0 aromatic carbocycles. The van der Waals surface area contributed by atoms with Gasteiger partial charge in [0.05, 0.1) is 11.9 Å². The van der Waals surface area contributed by atoms with Gasteiger partial charge in [-0.25, -0.2) is 0 Å². The van der Waals surface area contributed by atoms with E-state index in [1.807, 2.05) is 19.4 Å². The van der Waals surface area contributed by atoms with Crippen LogP contribution in [0.25, 0.3) is 0 Å². The molecule has 0 fully saturated rings. The van der Waals surface area contributed by atoms with Crippen molar-refractivity contribution >= 4 is 5.69 Å². The standard InChI is InChI=1S/C9H18N4/c1-8(3-4-10)5-11-9-6-12-13(2)7-9/h6-8,11H,3-5,10H2,1-2H3. The summed E-state index contributed by atoms with van der Waals surface area (Å²) >= 11 is 0. The SMILES string of the molecule is CC(CCN)CNc1cnn(C)c1. The van der Waals surface area contributed by atoms with Crippen LogP contribution in [-0.4, -0.2) is 22.9 Å². The second kappa shape index (κ2) is 4.87. The van der Waals surface area contributed by atoms with Crippen LogP contribution in [0.5, 0.6) is 0 Å². The molecule has 4 nitrogen and oxygen atoms in total. The van der Waals surface area contributed by atoms with Crippen LogP contribution in [0, 0.1) is 5.92 Å². The number of anilines is 1. The zero-order valence-corrected chi connectivity index (χ0v) is 8.33. The Bertz CT molecular complexity index is 244. The summed E-state index contributed by atoms with van der Waals surface area (Å²) in [6, 6.07) is 0. The average molecular weight is 182 g/mol. The van der Waals surface area contributed by atoms with Crippen molar-refractivity contribution < 1.29 is 0 Å². The Hall–Kier alpha value is -1.03. The molecule has 0 radical (unpaired) electrons. The maximum absolute atomic E-state index is 5.46. The smallest absolute Gasteiger partial charge is 0.0726 e. The number of aromatic nitrogens is 2. The van der Waals surface area contributed by atoms with Crippen LogP contribution in [0.1, 0.15) is 13.3 Å². The molecule has 74 valence electrons. The second-order valence-electron chi connectivity index (χ2n) is 3.47. The van der Waals surface area contributed by atoms with Gasteiger partial charge in [-0.2, -0.15) is 5.10 Å². The molecule has 0 amide bonds. The highest BCUT2D eigenvalue weighted by Gasteiger charge is 2.00. The van der Waals surface area contributed by atoms with Gasteiger partial charge in [-0.1, -0.05) is 6.92 Å². The molecule has 0 spiro atoms.